The Bertz CT molecular complexity index is 170. The molecule has 0 unspecified atom stereocenters. The molecule has 0 heterocycles. The van der Waals surface area contributed by atoms with Crippen LogP contribution in [0, 0.1) is 11.3 Å². The van der Waals surface area contributed by atoms with E-state index in [1.54, 1.807) is 0 Å². The number of hydrogen-bond acceptors (Lipinski definition) is 1. The van der Waals surface area contributed by atoms with Crippen LogP contribution in [-0.4, -0.2) is 12.7 Å². The van der Waals surface area contributed by atoms with Crippen molar-refractivity contribution in [1.29, 1.82) is 0 Å². The Hall–Kier alpha value is -0.300. The van der Waals surface area contributed by atoms with E-state index >= 15 is 0 Å². The summed E-state index contributed by atoms with van der Waals surface area (Å²) in [6.07, 6.45) is 0.389. The zero-order valence-corrected chi connectivity index (χ0v) is 7.98. The molecule has 0 radical (unpaired) electrons. The normalized spacial score (nSPS) is 35.1. The van der Waals surface area contributed by atoms with Gasteiger partial charge in [-0.15, -0.1) is 0 Å². The molecule has 0 bridgehead atoms. The molecular formula is C10H18O. The highest BCUT2D eigenvalue weighted by Gasteiger charge is 2.48. The Labute approximate surface area is 69.4 Å². The first kappa shape index (κ1) is 8.79. The minimum absolute atomic E-state index is 0.204. The second-order valence-corrected chi connectivity index (χ2v) is 3.91. The van der Waals surface area contributed by atoms with Crippen LogP contribution >= 0.6 is 0 Å². The van der Waals surface area contributed by atoms with Gasteiger partial charge in [-0.2, -0.15) is 0 Å². The molecule has 0 aromatic carbocycles. The molecule has 0 amide bonds. The van der Waals surface area contributed by atoms with Crippen molar-refractivity contribution in [2.75, 3.05) is 6.61 Å². The smallest absolute Gasteiger partial charge is 0.0725 e. The van der Waals surface area contributed by atoms with E-state index in [0.29, 0.717) is 12.0 Å². The largest absolute Gasteiger partial charge is 0.377 e. The van der Waals surface area contributed by atoms with Gasteiger partial charge in [0, 0.05) is 17.9 Å². The Kier molecular flexibility index (Phi) is 2.10. The molecule has 1 aliphatic rings. The van der Waals surface area contributed by atoms with Crippen LogP contribution in [0.25, 0.3) is 0 Å². The standard InChI is InChI=1S/C10H18O/c1-6-11-9-7(2)8(3)10(9,4)5/h7,9H,3,6H2,1-2,4-5H3/t7-,9-/m0/s1. The Morgan fingerprint density at radius 3 is 2.45 bits per heavy atom. The second-order valence-electron chi connectivity index (χ2n) is 3.91. The van der Waals surface area contributed by atoms with Crippen LogP contribution in [0.15, 0.2) is 12.2 Å². The fraction of sp³-hybridized carbons (Fsp3) is 0.800. The summed E-state index contributed by atoms with van der Waals surface area (Å²) in [4.78, 5) is 0. The molecule has 1 aliphatic carbocycles. The van der Waals surface area contributed by atoms with Gasteiger partial charge in [0.1, 0.15) is 0 Å². The molecule has 0 aromatic heterocycles. The van der Waals surface area contributed by atoms with Gasteiger partial charge < -0.3 is 4.74 Å². The van der Waals surface area contributed by atoms with Crippen LogP contribution in [0.2, 0.25) is 0 Å². The number of hydrogen-bond donors (Lipinski definition) is 0. The topological polar surface area (TPSA) is 9.23 Å². The highest BCUT2D eigenvalue weighted by molar-refractivity contribution is 5.26. The van der Waals surface area contributed by atoms with E-state index in [1.807, 2.05) is 6.92 Å². The van der Waals surface area contributed by atoms with Crippen LogP contribution in [0.4, 0.5) is 0 Å². The Balaban J connectivity index is 2.61. The minimum Gasteiger partial charge on any atom is -0.377 e. The van der Waals surface area contributed by atoms with E-state index in [1.165, 1.54) is 5.57 Å². The third kappa shape index (κ3) is 1.12. The fourth-order valence-corrected chi connectivity index (χ4v) is 2.01. The average molecular weight is 154 g/mol. The molecular weight excluding hydrogens is 136 g/mol. The molecule has 0 aliphatic heterocycles. The van der Waals surface area contributed by atoms with E-state index in [2.05, 4.69) is 27.4 Å². The molecule has 0 N–H and O–H groups in total. The number of rotatable bonds is 2. The summed E-state index contributed by atoms with van der Waals surface area (Å²) in [7, 11) is 0. The van der Waals surface area contributed by atoms with E-state index in [0.717, 1.165) is 6.61 Å². The molecule has 0 saturated heterocycles. The van der Waals surface area contributed by atoms with Gasteiger partial charge in [0.25, 0.3) is 0 Å². The van der Waals surface area contributed by atoms with E-state index in [4.69, 9.17) is 4.74 Å². The summed E-state index contributed by atoms with van der Waals surface area (Å²) in [5.41, 5.74) is 1.53. The molecule has 2 atom stereocenters. The molecule has 0 aromatic rings. The highest BCUT2D eigenvalue weighted by Crippen LogP contribution is 2.50. The van der Waals surface area contributed by atoms with E-state index < -0.39 is 0 Å². The van der Waals surface area contributed by atoms with Crippen LogP contribution in [0.3, 0.4) is 0 Å². The van der Waals surface area contributed by atoms with Crippen molar-refractivity contribution >= 4 is 0 Å². The van der Waals surface area contributed by atoms with Gasteiger partial charge in [0.05, 0.1) is 6.10 Å². The molecule has 64 valence electrons. The SMILES string of the molecule is C=C1[C@H](C)[C@H](OCC)C1(C)C. The summed E-state index contributed by atoms with van der Waals surface area (Å²) in [5, 5.41) is 0. The van der Waals surface area contributed by atoms with Crippen molar-refractivity contribution in [1.82, 2.24) is 0 Å². The van der Waals surface area contributed by atoms with Crippen molar-refractivity contribution in [3.63, 3.8) is 0 Å². The zero-order chi connectivity index (χ0) is 8.65. The summed E-state index contributed by atoms with van der Waals surface area (Å²) in [6, 6.07) is 0. The maximum absolute atomic E-state index is 5.61. The summed E-state index contributed by atoms with van der Waals surface area (Å²) >= 11 is 0. The lowest BCUT2D eigenvalue weighted by molar-refractivity contribution is -0.0812. The Morgan fingerprint density at radius 2 is 2.09 bits per heavy atom. The molecule has 0 spiro atoms. The second kappa shape index (κ2) is 2.63. The highest BCUT2D eigenvalue weighted by atomic mass is 16.5. The first-order chi connectivity index (χ1) is 5.01. The lowest BCUT2D eigenvalue weighted by Crippen LogP contribution is -2.51. The van der Waals surface area contributed by atoms with Crippen molar-refractivity contribution in [2.45, 2.75) is 33.8 Å². The molecule has 1 saturated carbocycles. The van der Waals surface area contributed by atoms with Crippen LogP contribution in [0.1, 0.15) is 27.7 Å². The van der Waals surface area contributed by atoms with Crippen LogP contribution in [0.5, 0.6) is 0 Å². The first-order valence-electron chi connectivity index (χ1n) is 4.32. The molecule has 11 heavy (non-hydrogen) atoms. The summed E-state index contributed by atoms with van der Waals surface area (Å²) in [5.74, 6) is 0.546. The average Bonchev–Trinajstić information content (AvgIpc) is 1.98. The maximum Gasteiger partial charge on any atom is 0.0725 e. The van der Waals surface area contributed by atoms with Crippen LogP contribution < -0.4 is 0 Å². The van der Waals surface area contributed by atoms with Gasteiger partial charge >= 0.3 is 0 Å². The van der Waals surface area contributed by atoms with Crippen molar-refractivity contribution < 1.29 is 4.74 Å². The maximum atomic E-state index is 5.61. The lowest BCUT2D eigenvalue weighted by atomic mass is 9.59. The predicted molar refractivity (Wildman–Crippen MR) is 47.5 cm³/mol. The van der Waals surface area contributed by atoms with Gasteiger partial charge in [0.2, 0.25) is 0 Å². The van der Waals surface area contributed by atoms with Crippen molar-refractivity contribution in [2.24, 2.45) is 11.3 Å². The van der Waals surface area contributed by atoms with Gasteiger partial charge in [0.15, 0.2) is 0 Å². The van der Waals surface area contributed by atoms with Crippen LogP contribution in [-0.2, 0) is 4.74 Å². The molecule has 1 nitrogen and oxygen atoms in total. The van der Waals surface area contributed by atoms with Gasteiger partial charge in [-0.3, -0.25) is 0 Å². The lowest BCUT2D eigenvalue weighted by Gasteiger charge is -2.51. The molecule has 1 fully saturated rings. The van der Waals surface area contributed by atoms with Crippen molar-refractivity contribution in [3.05, 3.63) is 12.2 Å². The number of ether oxygens (including phenoxy) is 1. The third-order valence-corrected chi connectivity index (χ3v) is 2.89. The van der Waals surface area contributed by atoms with Gasteiger partial charge in [-0.1, -0.05) is 32.9 Å². The van der Waals surface area contributed by atoms with Gasteiger partial charge in [-0.05, 0) is 6.92 Å². The van der Waals surface area contributed by atoms with E-state index in [-0.39, 0.29) is 5.41 Å². The quantitative estimate of drug-likeness (QED) is 0.555. The summed E-state index contributed by atoms with van der Waals surface area (Å²) < 4.78 is 5.61. The van der Waals surface area contributed by atoms with Crippen molar-refractivity contribution in [3.8, 4) is 0 Å². The predicted octanol–water partition coefficient (Wildman–Crippen LogP) is 2.62. The molecule has 1 rings (SSSR count). The first-order valence-corrected chi connectivity index (χ1v) is 4.32. The fourth-order valence-electron chi connectivity index (χ4n) is 2.01. The molecule has 1 heteroatoms. The summed E-state index contributed by atoms with van der Waals surface area (Å²) in [6.45, 7) is 13.5. The third-order valence-electron chi connectivity index (χ3n) is 2.89. The zero-order valence-electron chi connectivity index (χ0n) is 7.98. The Morgan fingerprint density at radius 1 is 1.55 bits per heavy atom. The van der Waals surface area contributed by atoms with E-state index in [9.17, 15) is 0 Å². The monoisotopic (exact) mass is 154 g/mol. The minimum atomic E-state index is 0.204. The van der Waals surface area contributed by atoms with Gasteiger partial charge in [-0.25, -0.2) is 0 Å².